The molecule has 0 spiro atoms. The lowest BCUT2D eigenvalue weighted by atomic mass is 9.79. The lowest BCUT2D eigenvalue weighted by Crippen LogP contribution is -2.41. The third-order valence-corrected chi connectivity index (χ3v) is 5.55. The summed E-state index contributed by atoms with van der Waals surface area (Å²) in [4.78, 5) is 0. The van der Waals surface area contributed by atoms with Gasteiger partial charge in [-0.15, -0.1) is 0 Å². The van der Waals surface area contributed by atoms with Gasteiger partial charge < -0.3 is 9.31 Å². The molecule has 4 nitrogen and oxygen atoms in total. The Balaban J connectivity index is 1.76. The van der Waals surface area contributed by atoms with Crippen LogP contribution in [0, 0.1) is 12.8 Å². The summed E-state index contributed by atoms with van der Waals surface area (Å²) in [6.45, 7) is 11.5. The smallest absolute Gasteiger partial charge is 0.399 e. The van der Waals surface area contributed by atoms with E-state index >= 15 is 0 Å². The van der Waals surface area contributed by atoms with Gasteiger partial charge in [0.15, 0.2) is 0 Å². The molecule has 0 radical (unpaired) electrons. The highest BCUT2D eigenvalue weighted by molar-refractivity contribution is 6.62. The van der Waals surface area contributed by atoms with Crippen molar-refractivity contribution in [3.8, 4) is 0 Å². The molecule has 0 N–H and O–H groups in total. The summed E-state index contributed by atoms with van der Waals surface area (Å²) in [5.74, 6) is 0.787. The quantitative estimate of drug-likeness (QED) is 0.803. The van der Waals surface area contributed by atoms with Crippen molar-refractivity contribution in [1.82, 2.24) is 9.78 Å². The van der Waals surface area contributed by atoms with Crippen LogP contribution in [-0.2, 0) is 15.9 Å². The van der Waals surface area contributed by atoms with Crippen LogP contribution in [0.15, 0.2) is 6.20 Å². The highest BCUT2D eigenvalue weighted by Crippen LogP contribution is 2.36. The van der Waals surface area contributed by atoms with E-state index in [1.165, 1.54) is 31.4 Å². The van der Waals surface area contributed by atoms with Crippen LogP contribution in [0.5, 0.6) is 0 Å². The molecule has 0 unspecified atom stereocenters. The predicted octanol–water partition coefficient (Wildman–Crippen LogP) is 2.68. The molecule has 2 fully saturated rings. The molecule has 0 atom stereocenters. The van der Waals surface area contributed by atoms with Crippen LogP contribution in [0.25, 0.3) is 0 Å². The molecular weight excluding hydrogens is 263 g/mol. The maximum Gasteiger partial charge on any atom is 0.498 e. The molecule has 5 heteroatoms. The largest absolute Gasteiger partial charge is 0.498 e. The van der Waals surface area contributed by atoms with Gasteiger partial charge in [-0.3, -0.25) is 4.68 Å². The minimum atomic E-state index is -0.299. The third-order valence-electron chi connectivity index (χ3n) is 5.55. The normalized spacial score (nSPS) is 24.9. The van der Waals surface area contributed by atoms with Crippen molar-refractivity contribution in [2.45, 2.75) is 78.0 Å². The molecule has 3 rings (SSSR count). The van der Waals surface area contributed by atoms with E-state index in [9.17, 15) is 0 Å². The standard InChI is InChI=1S/C16H27BN2O2/c1-12-14(17-20-15(2,3)16(4,5)21-17)10-18-19(12)11-13-8-6-7-9-13/h10,13H,6-9,11H2,1-5H3. The lowest BCUT2D eigenvalue weighted by Gasteiger charge is -2.32. The Hall–Kier alpha value is -0.805. The van der Waals surface area contributed by atoms with Crippen LogP contribution in [0.4, 0.5) is 0 Å². The van der Waals surface area contributed by atoms with Crippen molar-refractivity contribution >= 4 is 12.6 Å². The zero-order chi connectivity index (χ0) is 15.3. The third kappa shape index (κ3) is 2.66. The Morgan fingerprint density at radius 3 is 2.33 bits per heavy atom. The maximum absolute atomic E-state index is 6.14. The molecule has 1 saturated carbocycles. The summed E-state index contributed by atoms with van der Waals surface area (Å²) in [6, 6.07) is 0. The van der Waals surface area contributed by atoms with E-state index < -0.39 is 0 Å². The molecule has 2 heterocycles. The Morgan fingerprint density at radius 1 is 1.19 bits per heavy atom. The fraction of sp³-hybridized carbons (Fsp3) is 0.812. The summed E-state index contributed by atoms with van der Waals surface area (Å²) >= 11 is 0. The Bertz CT molecular complexity index is 502. The summed E-state index contributed by atoms with van der Waals surface area (Å²) < 4.78 is 14.4. The summed E-state index contributed by atoms with van der Waals surface area (Å²) in [7, 11) is -0.299. The van der Waals surface area contributed by atoms with Gasteiger partial charge >= 0.3 is 7.12 Å². The lowest BCUT2D eigenvalue weighted by molar-refractivity contribution is 0.00578. The molecule has 2 aliphatic rings. The predicted molar refractivity (Wildman–Crippen MR) is 84.6 cm³/mol. The molecule has 116 valence electrons. The van der Waals surface area contributed by atoms with Crippen LogP contribution in [0.3, 0.4) is 0 Å². The first-order chi connectivity index (χ1) is 9.80. The van der Waals surface area contributed by atoms with Crippen molar-refractivity contribution in [3.05, 3.63) is 11.9 Å². The first-order valence-electron chi connectivity index (χ1n) is 8.18. The van der Waals surface area contributed by atoms with Crippen LogP contribution in [0.1, 0.15) is 59.1 Å². The van der Waals surface area contributed by atoms with E-state index in [1.54, 1.807) is 0 Å². The van der Waals surface area contributed by atoms with Crippen molar-refractivity contribution in [2.24, 2.45) is 5.92 Å². The number of rotatable bonds is 3. The SMILES string of the molecule is Cc1c(B2OC(C)(C)C(C)(C)O2)cnn1CC1CCCC1. The average molecular weight is 290 g/mol. The molecule has 21 heavy (non-hydrogen) atoms. The number of nitrogens with zero attached hydrogens (tertiary/aromatic N) is 2. The molecule has 1 aliphatic carbocycles. The van der Waals surface area contributed by atoms with Gasteiger partial charge in [-0.25, -0.2) is 0 Å². The molecule has 0 amide bonds. The molecule has 1 aromatic heterocycles. The van der Waals surface area contributed by atoms with E-state index in [2.05, 4.69) is 44.4 Å². The summed E-state index contributed by atoms with van der Waals surface area (Å²) in [6.07, 6.45) is 7.34. The van der Waals surface area contributed by atoms with Gasteiger partial charge in [0.1, 0.15) is 0 Å². The van der Waals surface area contributed by atoms with E-state index in [1.807, 2.05) is 6.20 Å². The first kappa shape index (κ1) is 15.1. The topological polar surface area (TPSA) is 36.3 Å². The van der Waals surface area contributed by atoms with E-state index in [0.29, 0.717) is 0 Å². The Kier molecular flexibility index (Phi) is 3.69. The number of hydrogen-bond acceptors (Lipinski definition) is 3. The van der Waals surface area contributed by atoms with Crippen LogP contribution in [-0.4, -0.2) is 28.1 Å². The fourth-order valence-corrected chi connectivity index (χ4v) is 3.28. The van der Waals surface area contributed by atoms with Crippen molar-refractivity contribution in [3.63, 3.8) is 0 Å². The highest BCUT2D eigenvalue weighted by atomic mass is 16.7. The highest BCUT2D eigenvalue weighted by Gasteiger charge is 2.52. The minimum Gasteiger partial charge on any atom is -0.399 e. The summed E-state index contributed by atoms with van der Waals surface area (Å²) in [5.41, 5.74) is 1.67. The van der Waals surface area contributed by atoms with Gasteiger partial charge in [-0.05, 0) is 53.4 Å². The Morgan fingerprint density at radius 2 is 1.76 bits per heavy atom. The molecule has 1 saturated heterocycles. The molecular formula is C16H27BN2O2. The molecule has 1 aromatic rings. The Labute approximate surface area is 128 Å². The molecule has 0 bridgehead atoms. The monoisotopic (exact) mass is 290 g/mol. The average Bonchev–Trinajstić information content (AvgIpc) is 3.03. The van der Waals surface area contributed by atoms with Gasteiger partial charge in [0.2, 0.25) is 0 Å². The van der Waals surface area contributed by atoms with Crippen LogP contribution < -0.4 is 5.46 Å². The fourth-order valence-electron chi connectivity index (χ4n) is 3.28. The number of hydrogen-bond donors (Lipinski definition) is 0. The summed E-state index contributed by atoms with van der Waals surface area (Å²) in [5, 5.41) is 4.58. The second kappa shape index (κ2) is 5.13. The van der Waals surface area contributed by atoms with Gasteiger partial charge in [-0.2, -0.15) is 5.10 Å². The van der Waals surface area contributed by atoms with Crippen molar-refractivity contribution < 1.29 is 9.31 Å². The van der Waals surface area contributed by atoms with Gasteiger partial charge in [-0.1, -0.05) is 12.8 Å². The van der Waals surface area contributed by atoms with E-state index in [4.69, 9.17) is 9.31 Å². The zero-order valence-electron chi connectivity index (χ0n) is 14.0. The first-order valence-corrected chi connectivity index (χ1v) is 8.18. The zero-order valence-corrected chi connectivity index (χ0v) is 14.0. The molecule has 0 aromatic carbocycles. The van der Waals surface area contributed by atoms with E-state index in [-0.39, 0.29) is 18.3 Å². The van der Waals surface area contributed by atoms with Crippen molar-refractivity contribution in [2.75, 3.05) is 0 Å². The van der Waals surface area contributed by atoms with Crippen LogP contribution in [0.2, 0.25) is 0 Å². The molecule has 1 aliphatic heterocycles. The second-order valence-corrected chi connectivity index (χ2v) is 7.61. The maximum atomic E-state index is 6.14. The second-order valence-electron chi connectivity index (χ2n) is 7.61. The van der Waals surface area contributed by atoms with Gasteiger partial charge in [0, 0.05) is 23.9 Å². The van der Waals surface area contributed by atoms with Gasteiger partial charge in [0.05, 0.1) is 11.2 Å². The van der Waals surface area contributed by atoms with Crippen molar-refractivity contribution in [1.29, 1.82) is 0 Å². The van der Waals surface area contributed by atoms with E-state index in [0.717, 1.165) is 17.9 Å². The van der Waals surface area contributed by atoms with Crippen LogP contribution >= 0.6 is 0 Å². The number of aromatic nitrogens is 2. The minimum absolute atomic E-state index is 0.294. The van der Waals surface area contributed by atoms with Gasteiger partial charge in [0.25, 0.3) is 0 Å².